The quantitative estimate of drug-likeness (QED) is 0.737. The molecule has 0 bridgehead atoms. The molecule has 18 heavy (non-hydrogen) atoms. The second kappa shape index (κ2) is 4.49. The highest BCUT2D eigenvalue weighted by Gasteiger charge is 2.03. The minimum Gasteiger partial charge on any atom is -0.366 e. The number of H-pyrrole nitrogens is 1. The van der Waals surface area contributed by atoms with Gasteiger partial charge in [0, 0.05) is 23.7 Å². The molecule has 0 spiro atoms. The van der Waals surface area contributed by atoms with Crippen LogP contribution in [0.15, 0.2) is 42.7 Å². The monoisotopic (exact) mass is 238 g/mol. The van der Waals surface area contributed by atoms with Crippen LogP contribution in [0.4, 0.5) is 5.82 Å². The van der Waals surface area contributed by atoms with E-state index in [1.165, 1.54) is 5.39 Å². The Morgan fingerprint density at radius 2 is 2.17 bits per heavy atom. The van der Waals surface area contributed by atoms with E-state index in [2.05, 4.69) is 39.6 Å². The number of nitrogens with one attached hydrogen (secondary N) is 2. The third-order valence-corrected chi connectivity index (χ3v) is 2.93. The summed E-state index contributed by atoms with van der Waals surface area (Å²) < 4.78 is 0. The van der Waals surface area contributed by atoms with Gasteiger partial charge in [0.25, 0.3) is 0 Å². The fourth-order valence-electron chi connectivity index (χ4n) is 1.96. The minimum atomic E-state index is 0.725. The molecule has 0 aliphatic carbocycles. The molecule has 3 rings (SSSR count). The molecule has 0 amide bonds. The Morgan fingerprint density at radius 3 is 3.00 bits per heavy atom. The molecular formula is C14H14N4. The smallest absolute Gasteiger partial charge is 0.129 e. The highest BCUT2D eigenvalue weighted by molar-refractivity contribution is 5.81. The fourth-order valence-corrected chi connectivity index (χ4v) is 1.96. The van der Waals surface area contributed by atoms with Crippen LogP contribution in [0.25, 0.3) is 10.9 Å². The van der Waals surface area contributed by atoms with Gasteiger partial charge in [-0.25, -0.2) is 4.98 Å². The van der Waals surface area contributed by atoms with Crippen LogP contribution in [-0.4, -0.2) is 15.2 Å². The second-order valence-corrected chi connectivity index (χ2v) is 4.31. The lowest BCUT2D eigenvalue weighted by atomic mass is 10.1. The number of fused-ring (bicyclic) bond motifs is 1. The number of anilines is 1. The second-order valence-electron chi connectivity index (χ2n) is 4.31. The van der Waals surface area contributed by atoms with Crippen molar-refractivity contribution < 1.29 is 0 Å². The molecule has 3 aromatic rings. The van der Waals surface area contributed by atoms with Crippen LogP contribution in [-0.2, 0) is 6.54 Å². The van der Waals surface area contributed by atoms with Crippen LogP contribution < -0.4 is 5.32 Å². The molecule has 0 aliphatic rings. The van der Waals surface area contributed by atoms with E-state index in [1.807, 2.05) is 30.6 Å². The first-order chi connectivity index (χ1) is 8.83. The van der Waals surface area contributed by atoms with Gasteiger partial charge in [0.15, 0.2) is 0 Å². The van der Waals surface area contributed by atoms with Gasteiger partial charge in [-0.05, 0) is 24.6 Å². The molecule has 2 heterocycles. The van der Waals surface area contributed by atoms with Crippen molar-refractivity contribution in [1.29, 1.82) is 0 Å². The maximum Gasteiger partial charge on any atom is 0.129 e. The van der Waals surface area contributed by atoms with E-state index in [9.17, 15) is 0 Å². The van der Waals surface area contributed by atoms with E-state index >= 15 is 0 Å². The number of aromatic amines is 1. The Kier molecular flexibility index (Phi) is 2.68. The van der Waals surface area contributed by atoms with Crippen LogP contribution in [0.3, 0.4) is 0 Å². The molecule has 0 saturated heterocycles. The van der Waals surface area contributed by atoms with Gasteiger partial charge in [-0.15, -0.1) is 0 Å². The summed E-state index contributed by atoms with van der Waals surface area (Å²) in [6.07, 6.45) is 3.69. The average Bonchev–Trinajstić information content (AvgIpc) is 2.89. The van der Waals surface area contributed by atoms with Gasteiger partial charge in [0.1, 0.15) is 5.82 Å². The first kappa shape index (κ1) is 10.8. The first-order valence-corrected chi connectivity index (χ1v) is 5.91. The topological polar surface area (TPSA) is 53.6 Å². The molecule has 0 aliphatic heterocycles. The van der Waals surface area contributed by atoms with Crippen molar-refractivity contribution in [2.45, 2.75) is 13.5 Å². The predicted molar refractivity (Wildman–Crippen MR) is 72.4 cm³/mol. The van der Waals surface area contributed by atoms with E-state index < -0.39 is 0 Å². The number of nitrogens with zero attached hydrogens (tertiary/aromatic N) is 2. The molecule has 90 valence electrons. The van der Waals surface area contributed by atoms with Crippen molar-refractivity contribution in [2.75, 3.05) is 5.32 Å². The molecule has 0 atom stereocenters. The van der Waals surface area contributed by atoms with E-state index in [4.69, 9.17) is 0 Å². The van der Waals surface area contributed by atoms with Gasteiger partial charge in [0.2, 0.25) is 0 Å². The van der Waals surface area contributed by atoms with E-state index in [0.29, 0.717) is 0 Å². The van der Waals surface area contributed by atoms with E-state index in [-0.39, 0.29) is 0 Å². The molecule has 4 nitrogen and oxygen atoms in total. The number of pyridine rings is 1. The zero-order valence-electron chi connectivity index (χ0n) is 10.1. The normalized spacial score (nSPS) is 10.7. The lowest BCUT2D eigenvalue weighted by Crippen LogP contribution is -2.02. The standard InChI is InChI=1S/C14H14N4/c1-10-6-12-4-2-3-5-13(12)18-14(10)15-7-11-8-16-17-9-11/h2-6,8-9H,7H2,1H3,(H,15,18)(H,16,17). The summed E-state index contributed by atoms with van der Waals surface area (Å²) in [5, 5.41) is 11.2. The summed E-state index contributed by atoms with van der Waals surface area (Å²) in [7, 11) is 0. The molecule has 0 radical (unpaired) electrons. The van der Waals surface area contributed by atoms with Crippen LogP contribution in [0, 0.1) is 6.92 Å². The Bertz CT molecular complexity index is 659. The van der Waals surface area contributed by atoms with Crippen LogP contribution in [0.2, 0.25) is 0 Å². The predicted octanol–water partition coefficient (Wildman–Crippen LogP) is 2.88. The van der Waals surface area contributed by atoms with Crippen molar-refractivity contribution >= 4 is 16.7 Å². The number of hydrogen-bond donors (Lipinski definition) is 2. The number of aromatic nitrogens is 3. The zero-order valence-corrected chi connectivity index (χ0v) is 10.1. The number of benzene rings is 1. The van der Waals surface area contributed by atoms with Crippen molar-refractivity contribution in [2.24, 2.45) is 0 Å². The number of rotatable bonds is 3. The lowest BCUT2D eigenvalue weighted by molar-refractivity contribution is 1.09. The van der Waals surface area contributed by atoms with Crippen molar-refractivity contribution in [1.82, 2.24) is 15.2 Å². The number of para-hydroxylation sites is 1. The summed E-state index contributed by atoms with van der Waals surface area (Å²) in [6, 6.07) is 10.3. The molecular weight excluding hydrogens is 224 g/mol. The van der Waals surface area contributed by atoms with Gasteiger partial charge < -0.3 is 5.32 Å². The first-order valence-electron chi connectivity index (χ1n) is 5.91. The summed E-state index contributed by atoms with van der Waals surface area (Å²) in [5.41, 5.74) is 3.28. The number of aryl methyl sites for hydroxylation is 1. The Morgan fingerprint density at radius 1 is 1.28 bits per heavy atom. The highest BCUT2D eigenvalue weighted by atomic mass is 15.1. The Labute approximate surface area is 105 Å². The SMILES string of the molecule is Cc1cc2ccccc2nc1NCc1cn[nH]c1. The number of hydrogen-bond acceptors (Lipinski definition) is 3. The van der Waals surface area contributed by atoms with Gasteiger partial charge in [-0.3, -0.25) is 5.10 Å². The van der Waals surface area contributed by atoms with Gasteiger partial charge in [-0.2, -0.15) is 5.10 Å². The molecule has 0 saturated carbocycles. The van der Waals surface area contributed by atoms with Crippen molar-refractivity contribution in [3.8, 4) is 0 Å². The molecule has 2 aromatic heterocycles. The lowest BCUT2D eigenvalue weighted by Gasteiger charge is -2.09. The summed E-state index contributed by atoms with van der Waals surface area (Å²) in [4.78, 5) is 4.63. The van der Waals surface area contributed by atoms with Crippen molar-refractivity contribution in [3.63, 3.8) is 0 Å². The van der Waals surface area contributed by atoms with Gasteiger partial charge in [0.05, 0.1) is 11.7 Å². The van der Waals surface area contributed by atoms with Crippen molar-refractivity contribution in [3.05, 3.63) is 53.9 Å². The van der Waals surface area contributed by atoms with Gasteiger partial charge >= 0.3 is 0 Å². The Balaban J connectivity index is 1.89. The minimum absolute atomic E-state index is 0.725. The average molecular weight is 238 g/mol. The fraction of sp³-hybridized carbons (Fsp3) is 0.143. The van der Waals surface area contributed by atoms with Crippen LogP contribution in [0.5, 0.6) is 0 Å². The molecule has 0 unspecified atom stereocenters. The zero-order chi connectivity index (χ0) is 12.4. The van der Waals surface area contributed by atoms with E-state index in [1.54, 1.807) is 0 Å². The van der Waals surface area contributed by atoms with Crippen LogP contribution >= 0.6 is 0 Å². The third kappa shape index (κ3) is 2.05. The molecule has 0 fully saturated rings. The molecule has 2 N–H and O–H groups in total. The Hall–Kier alpha value is -2.36. The summed E-state index contributed by atoms with van der Waals surface area (Å²) in [5.74, 6) is 0.926. The summed E-state index contributed by atoms with van der Waals surface area (Å²) >= 11 is 0. The maximum absolute atomic E-state index is 4.63. The maximum atomic E-state index is 4.63. The van der Waals surface area contributed by atoms with E-state index in [0.717, 1.165) is 29.0 Å². The highest BCUT2D eigenvalue weighted by Crippen LogP contribution is 2.19. The third-order valence-electron chi connectivity index (χ3n) is 2.93. The van der Waals surface area contributed by atoms with Gasteiger partial charge in [-0.1, -0.05) is 18.2 Å². The molecule has 4 heteroatoms. The molecule has 1 aromatic carbocycles. The largest absolute Gasteiger partial charge is 0.366 e. The van der Waals surface area contributed by atoms with Crippen LogP contribution in [0.1, 0.15) is 11.1 Å². The summed E-state index contributed by atoms with van der Waals surface area (Å²) in [6.45, 7) is 2.79.